The molecule has 174 valence electrons. The molecule has 3 unspecified atom stereocenters. The maximum atomic E-state index is 10.8. The fourth-order valence-electron chi connectivity index (χ4n) is 5.38. The molecule has 2 N–H and O–H groups in total. The molecule has 1 saturated carbocycles. The summed E-state index contributed by atoms with van der Waals surface area (Å²) in [4.78, 5) is 2.62. The lowest BCUT2D eigenvalue weighted by atomic mass is 9.74. The number of aliphatic hydroxyl groups is 1. The first-order valence-electron chi connectivity index (χ1n) is 11.3. The molecule has 0 spiro atoms. The first-order chi connectivity index (χ1) is 14.2. The summed E-state index contributed by atoms with van der Waals surface area (Å²) >= 11 is 0. The number of fused-ring (bicyclic) bond motifs is 1. The van der Waals surface area contributed by atoms with Gasteiger partial charge in [-0.25, -0.2) is 0 Å². The zero-order valence-corrected chi connectivity index (χ0v) is 20.4. The summed E-state index contributed by atoms with van der Waals surface area (Å²) in [6.07, 6.45) is 6.75. The zero-order chi connectivity index (χ0) is 20.2. The Morgan fingerprint density at radius 2 is 1.68 bits per heavy atom. The molecule has 2 fully saturated rings. The number of piperidine rings is 1. The molecular weight excluding hydrogens is 431 g/mol. The zero-order valence-electron chi connectivity index (χ0n) is 18.8. The minimum atomic E-state index is -0.171. The van der Waals surface area contributed by atoms with Crippen LogP contribution >= 0.6 is 24.8 Å². The van der Waals surface area contributed by atoms with Crippen molar-refractivity contribution in [3.05, 3.63) is 42.0 Å². The molecule has 3 atom stereocenters. The molecule has 1 heterocycles. The van der Waals surface area contributed by atoms with E-state index in [9.17, 15) is 5.11 Å². The highest BCUT2D eigenvalue weighted by Gasteiger charge is 2.33. The highest BCUT2D eigenvalue weighted by Crippen LogP contribution is 2.38. The average molecular weight is 469 g/mol. The summed E-state index contributed by atoms with van der Waals surface area (Å²) in [5.41, 5.74) is 1.38. The van der Waals surface area contributed by atoms with Crippen LogP contribution < -0.4 is 10.1 Å². The van der Waals surface area contributed by atoms with Gasteiger partial charge in [-0.2, -0.15) is 0 Å². The number of methoxy groups -OCH3 is 1. The number of nitrogens with one attached hydrogen (secondary N) is 1. The molecule has 2 aromatic carbocycles. The van der Waals surface area contributed by atoms with Crippen molar-refractivity contribution in [1.82, 2.24) is 10.2 Å². The average Bonchev–Trinajstić information content (AvgIpc) is 2.78. The van der Waals surface area contributed by atoms with Crippen molar-refractivity contribution >= 4 is 35.6 Å². The van der Waals surface area contributed by atoms with Crippen molar-refractivity contribution in [2.45, 2.75) is 56.6 Å². The summed E-state index contributed by atoms with van der Waals surface area (Å²) in [7, 11) is 3.79. The summed E-state index contributed by atoms with van der Waals surface area (Å²) < 4.78 is 5.38. The van der Waals surface area contributed by atoms with E-state index >= 15 is 0 Å². The van der Waals surface area contributed by atoms with Crippen LogP contribution in [0.15, 0.2) is 36.4 Å². The third-order valence-corrected chi connectivity index (χ3v) is 7.25. The molecule has 1 aliphatic heterocycles. The SMILES string of the molecule is CNC1CCN(CC(c2ccc3cc(OC)ccc3c2)C2CCCCC2O)CC1.Cl.Cl. The number of halogens is 2. The quantitative estimate of drug-likeness (QED) is 0.624. The van der Waals surface area contributed by atoms with Crippen LogP contribution in [0.2, 0.25) is 0 Å². The Bertz CT molecular complexity index is 811. The standard InChI is InChI=1S/C25H36N2O2.2ClH/c1-26-21-11-13-27(14-12-21)17-24(23-5-3-4-6-25(23)28)20-8-7-19-16-22(29-2)10-9-18(19)15-20;;/h7-10,15-16,21,23-26,28H,3-6,11-14,17H2,1-2H3;2*1H. The van der Waals surface area contributed by atoms with Gasteiger partial charge in [-0.3, -0.25) is 0 Å². The van der Waals surface area contributed by atoms with Gasteiger partial charge in [-0.15, -0.1) is 24.8 Å². The van der Waals surface area contributed by atoms with Crippen molar-refractivity contribution in [1.29, 1.82) is 0 Å². The highest BCUT2D eigenvalue weighted by atomic mass is 35.5. The van der Waals surface area contributed by atoms with E-state index in [1.807, 2.05) is 6.07 Å². The van der Waals surface area contributed by atoms with Crippen LogP contribution in [0.25, 0.3) is 10.8 Å². The normalized spacial score (nSPS) is 23.6. The molecule has 2 aromatic rings. The van der Waals surface area contributed by atoms with Crippen LogP contribution in [0.5, 0.6) is 5.75 Å². The smallest absolute Gasteiger partial charge is 0.119 e. The molecule has 1 saturated heterocycles. The van der Waals surface area contributed by atoms with Crippen LogP contribution in [0.1, 0.15) is 50.0 Å². The summed E-state index contributed by atoms with van der Waals surface area (Å²) in [6, 6.07) is 13.8. The largest absolute Gasteiger partial charge is 0.497 e. The number of aliphatic hydroxyl groups excluding tert-OH is 1. The lowest BCUT2D eigenvalue weighted by Crippen LogP contribution is -2.44. The number of benzene rings is 2. The van der Waals surface area contributed by atoms with Gasteiger partial charge < -0.3 is 20.1 Å². The number of hydrogen-bond acceptors (Lipinski definition) is 4. The summed E-state index contributed by atoms with van der Waals surface area (Å²) in [5.74, 6) is 1.65. The second-order valence-electron chi connectivity index (χ2n) is 8.96. The second-order valence-corrected chi connectivity index (χ2v) is 8.96. The molecule has 0 bridgehead atoms. The van der Waals surface area contributed by atoms with Crippen molar-refractivity contribution in [2.75, 3.05) is 33.8 Å². The van der Waals surface area contributed by atoms with E-state index in [4.69, 9.17) is 4.74 Å². The van der Waals surface area contributed by atoms with E-state index in [0.717, 1.165) is 44.6 Å². The molecule has 0 aromatic heterocycles. The summed E-state index contributed by atoms with van der Waals surface area (Å²) in [5, 5.41) is 16.7. The van der Waals surface area contributed by atoms with Crippen molar-refractivity contribution in [3.8, 4) is 5.75 Å². The van der Waals surface area contributed by atoms with Gasteiger partial charge in [-0.05, 0) is 80.2 Å². The predicted octanol–water partition coefficient (Wildman–Crippen LogP) is 5.01. The Hall–Kier alpha value is -1.04. The number of rotatable bonds is 6. The van der Waals surface area contributed by atoms with E-state index in [2.05, 4.69) is 47.6 Å². The van der Waals surface area contributed by atoms with Gasteiger partial charge in [0, 0.05) is 18.5 Å². The number of hydrogen-bond donors (Lipinski definition) is 2. The number of nitrogens with zero attached hydrogens (tertiary/aromatic N) is 1. The monoisotopic (exact) mass is 468 g/mol. The van der Waals surface area contributed by atoms with Crippen LogP contribution in [0, 0.1) is 5.92 Å². The fourth-order valence-corrected chi connectivity index (χ4v) is 5.38. The van der Waals surface area contributed by atoms with Crippen LogP contribution in [0.4, 0.5) is 0 Å². The first kappa shape index (κ1) is 26.2. The van der Waals surface area contributed by atoms with Crippen LogP contribution in [0.3, 0.4) is 0 Å². The Balaban J connectivity index is 0.00000171. The minimum absolute atomic E-state index is 0. The molecule has 31 heavy (non-hydrogen) atoms. The van der Waals surface area contributed by atoms with Gasteiger partial charge in [0.2, 0.25) is 0 Å². The van der Waals surface area contributed by atoms with E-state index in [1.54, 1.807) is 7.11 Å². The van der Waals surface area contributed by atoms with Crippen molar-refractivity contribution in [2.24, 2.45) is 5.92 Å². The third kappa shape index (κ3) is 6.27. The Morgan fingerprint density at radius 1 is 1.00 bits per heavy atom. The van der Waals surface area contributed by atoms with E-state index in [0.29, 0.717) is 17.9 Å². The molecule has 2 aliphatic rings. The van der Waals surface area contributed by atoms with Gasteiger partial charge in [0.25, 0.3) is 0 Å². The third-order valence-electron chi connectivity index (χ3n) is 7.25. The van der Waals surface area contributed by atoms with Crippen molar-refractivity contribution < 1.29 is 9.84 Å². The van der Waals surface area contributed by atoms with E-state index < -0.39 is 0 Å². The van der Waals surface area contributed by atoms with E-state index in [1.165, 1.54) is 35.6 Å². The number of ether oxygens (including phenoxy) is 1. The summed E-state index contributed by atoms with van der Waals surface area (Å²) in [6.45, 7) is 3.35. The van der Waals surface area contributed by atoms with Crippen LogP contribution in [-0.2, 0) is 0 Å². The minimum Gasteiger partial charge on any atom is -0.497 e. The maximum absolute atomic E-state index is 10.8. The lowest BCUT2D eigenvalue weighted by Gasteiger charge is -2.40. The van der Waals surface area contributed by atoms with Gasteiger partial charge in [-0.1, -0.05) is 37.1 Å². The second kappa shape index (κ2) is 12.3. The number of likely N-dealkylation sites (tertiary alicyclic amines) is 1. The Morgan fingerprint density at radius 3 is 2.35 bits per heavy atom. The topological polar surface area (TPSA) is 44.7 Å². The molecular formula is C25H38Cl2N2O2. The fraction of sp³-hybridized carbons (Fsp3) is 0.600. The van der Waals surface area contributed by atoms with E-state index in [-0.39, 0.29) is 30.9 Å². The Labute approximate surface area is 199 Å². The molecule has 6 heteroatoms. The predicted molar refractivity (Wildman–Crippen MR) is 134 cm³/mol. The molecule has 0 radical (unpaired) electrons. The maximum Gasteiger partial charge on any atom is 0.119 e. The molecule has 1 aliphatic carbocycles. The molecule has 4 nitrogen and oxygen atoms in total. The first-order valence-corrected chi connectivity index (χ1v) is 11.3. The highest BCUT2D eigenvalue weighted by molar-refractivity contribution is 5.86. The van der Waals surface area contributed by atoms with Gasteiger partial charge >= 0.3 is 0 Å². The Kier molecular flexibility index (Phi) is 10.4. The van der Waals surface area contributed by atoms with Crippen LogP contribution in [-0.4, -0.2) is 55.9 Å². The van der Waals surface area contributed by atoms with Gasteiger partial charge in [0.15, 0.2) is 0 Å². The molecule has 0 amide bonds. The van der Waals surface area contributed by atoms with Gasteiger partial charge in [0.05, 0.1) is 13.2 Å². The molecule has 4 rings (SSSR count). The van der Waals surface area contributed by atoms with Gasteiger partial charge in [0.1, 0.15) is 5.75 Å². The lowest BCUT2D eigenvalue weighted by molar-refractivity contribution is 0.0432. The van der Waals surface area contributed by atoms with Crippen molar-refractivity contribution in [3.63, 3.8) is 0 Å².